The summed E-state index contributed by atoms with van der Waals surface area (Å²) < 4.78 is 1.84. The number of rotatable bonds is 3. The molecule has 1 amide bonds. The van der Waals surface area contributed by atoms with Crippen molar-refractivity contribution >= 4 is 29.1 Å². The fourth-order valence-electron chi connectivity index (χ4n) is 1.47. The van der Waals surface area contributed by atoms with Crippen LogP contribution in [0.2, 0.25) is 10.0 Å². The Hall–Kier alpha value is -1.52. The lowest BCUT2D eigenvalue weighted by molar-refractivity contribution is 0.0949. The SMILES string of the molecule is Cn1ccnc1CNC(=O)c1ccc(Cl)c(Cl)c1. The molecule has 6 heteroatoms. The van der Waals surface area contributed by atoms with Gasteiger partial charge in [-0.15, -0.1) is 0 Å². The molecule has 0 bridgehead atoms. The highest BCUT2D eigenvalue weighted by molar-refractivity contribution is 6.42. The summed E-state index contributed by atoms with van der Waals surface area (Å²) in [5.74, 6) is 0.569. The standard InChI is InChI=1S/C12H11Cl2N3O/c1-17-5-4-15-11(17)7-16-12(18)8-2-3-9(13)10(14)6-8/h2-6H,7H2,1H3,(H,16,18). The molecule has 4 nitrogen and oxygen atoms in total. The predicted octanol–water partition coefficient (Wildman–Crippen LogP) is 2.66. The molecule has 0 aliphatic carbocycles. The summed E-state index contributed by atoms with van der Waals surface area (Å²) in [5, 5.41) is 3.56. The molecule has 0 atom stereocenters. The first kappa shape index (κ1) is 12.9. The second-order valence-corrected chi connectivity index (χ2v) is 4.58. The Kier molecular flexibility index (Phi) is 3.89. The van der Waals surface area contributed by atoms with Crippen LogP contribution in [0, 0.1) is 0 Å². The zero-order chi connectivity index (χ0) is 13.1. The maximum atomic E-state index is 11.9. The molecule has 1 aromatic heterocycles. The van der Waals surface area contributed by atoms with Crippen LogP contribution in [0.5, 0.6) is 0 Å². The molecule has 0 saturated carbocycles. The van der Waals surface area contributed by atoms with Gasteiger partial charge in [0.05, 0.1) is 16.6 Å². The lowest BCUT2D eigenvalue weighted by Gasteiger charge is -2.06. The lowest BCUT2D eigenvalue weighted by atomic mass is 10.2. The quantitative estimate of drug-likeness (QED) is 0.941. The summed E-state index contributed by atoms with van der Waals surface area (Å²) in [5.41, 5.74) is 0.471. The molecule has 2 aromatic rings. The van der Waals surface area contributed by atoms with Gasteiger partial charge in [-0.05, 0) is 18.2 Å². The second kappa shape index (κ2) is 5.42. The highest BCUT2D eigenvalue weighted by atomic mass is 35.5. The Balaban J connectivity index is 2.04. The topological polar surface area (TPSA) is 46.9 Å². The van der Waals surface area contributed by atoms with Crippen molar-refractivity contribution in [3.63, 3.8) is 0 Å². The molecule has 0 radical (unpaired) electrons. The predicted molar refractivity (Wildman–Crippen MR) is 70.8 cm³/mol. The van der Waals surface area contributed by atoms with Crippen molar-refractivity contribution in [2.75, 3.05) is 0 Å². The Morgan fingerprint density at radius 1 is 1.39 bits per heavy atom. The molecule has 2 rings (SSSR count). The zero-order valence-corrected chi connectivity index (χ0v) is 11.2. The second-order valence-electron chi connectivity index (χ2n) is 3.77. The van der Waals surface area contributed by atoms with E-state index in [0.717, 1.165) is 5.82 Å². The van der Waals surface area contributed by atoms with Gasteiger partial charge in [0.15, 0.2) is 0 Å². The molecule has 1 N–H and O–H groups in total. The molecule has 1 heterocycles. The summed E-state index contributed by atoms with van der Waals surface area (Å²) >= 11 is 11.6. The van der Waals surface area contributed by atoms with Gasteiger partial charge in [0.1, 0.15) is 5.82 Å². The number of benzene rings is 1. The van der Waals surface area contributed by atoms with Crippen molar-refractivity contribution in [2.45, 2.75) is 6.54 Å². The number of carbonyl (C=O) groups is 1. The molecule has 0 spiro atoms. The number of halogens is 2. The summed E-state index contributed by atoms with van der Waals surface area (Å²) in [6.07, 6.45) is 3.50. The minimum Gasteiger partial charge on any atom is -0.345 e. The first-order valence-electron chi connectivity index (χ1n) is 5.27. The number of aromatic nitrogens is 2. The van der Waals surface area contributed by atoms with E-state index in [9.17, 15) is 4.79 Å². The minimum atomic E-state index is -0.212. The Morgan fingerprint density at radius 3 is 2.78 bits per heavy atom. The van der Waals surface area contributed by atoms with E-state index in [2.05, 4.69) is 10.3 Å². The first-order chi connectivity index (χ1) is 8.58. The molecule has 18 heavy (non-hydrogen) atoms. The lowest BCUT2D eigenvalue weighted by Crippen LogP contribution is -2.24. The molecule has 1 aromatic carbocycles. The maximum absolute atomic E-state index is 11.9. The smallest absolute Gasteiger partial charge is 0.251 e. The number of hydrogen-bond donors (Lipinski definition) is 1. The van der Waals surface area contributed by atoms with Crippen molar-refractivity contribution in [2.24, 2.45) is 7.05 Å². The van der Waals surface area contributed by atoms with E-state index in [1.165, 1.54) is 6.07 Å². The Labute approximate surface area is 115 Å². The van der Waals surface area contributed by atoms with Crippen LogP contribution in [0.15, 0.2) is 30.6 Å². The van der Waals surface area contributed by atoms with Gasteiger partial charge in [0, 0.05) is 25.0 Å². The third-order valence-electron chi connectivity index (χ3n) is 2.51. The zero-order valence-electron chi connectivity index (χ0n) is 9.65. The van der Waals surface area contributed by atoms with Crippen LogP contribution >= 0.6 is 23.2 Å². The van der Waals surface area contributed by atoms with Crippen LogP contribution in [0.4, 0.5) is 0 Å². The molecular formula is C12H11Cl2N3O. The van der Waals surface area contributed by atoms with E-state index in [4.69, 9.17) is 23.2 Å². The van der Waals surface area contributed by atoms with Crippen molar-refractivity contribution in [1.82, 2.24) is 14.9 Å². The third-order valence-corrected chi connectivity index (χ3v) is 3.25. The van der Waals surface area contributed by atoms with Crippen LogP contribution in [0.1, 0.15) is 16.2 Å². The van der Waals surface area contributed by atoms with Gasteiger partial charge >= 0.3 is 0 Å². The number of hydrogen-bond acceptors (Lipinski definition) is 2. The monoisotopic (exact) mass is 283 g/mol. The number of imidazole rings is 1. The fourth-order valence-corrected chi connectivity index (χ4v) is 1.76. The van der Waals surface area contributed by atoms with Crippen LogP contribution in [0.25, 0.3) is 0 Å². The van der Waals surface area contributed by atoms with Gasteiger partial charge in [-0.1, -0.05) is 23.2 Å². The van der Waals surface area contributed by atoms with Crippen molar-refractivity contribution in [3.8, 4) is 0 Å². The number of amides is 1. The van der Waals surface area contributed by atoms with Crippen molar-refractivity contribution in [1.29, 1.82) is 0 Å². The summed E-state index contributed by atoms with van der Waals surface area (Å²) in [7, 11) is 1.87. The van der Waals surface area contributed by atoms with E-state index < -0.39 is 0 Å². The third kappa shape index (κ3) is 2.83. The average molecular weight is 284 g/mol. The van der Waals surface area contributed by atoms with Gasteiger partial charge in [0.25, 0.3) is 5.91 Å². The average Bonchev–Trinajstić information content (AvgIpc) is 2.75. The van der Waals surface area contributed by atoms with Crippen molar-refractivity contribution < 1.29 is 4.79 Å². The summed E-state index contributed by atoms with van der Waals surface area (Å²) in [6, 6.07) is 4.76. The molecule has 0 aliphatic rings. The van der Waals surface area contributed by atoms with Gasteiger partial charge in [-0.25, -0.2) is 4.98 Å². The van der Waals surface area contributed by atoms with Gasteiger partial charge in [-0.3, -0.25) is 4.79 Å². The van der Waals surface area contributed by atoms with E-state index in [1.807, 2.05) is 17.8 Å². The molecular weight excluding hydrogens is 273 g/mol. The first-order valence-corrected chi connectivity index (χ1v) is 6.03. The summed E-state index contributed by atoms with van der Waals surface area (Å²) in [6.45, 7) is 0.364. The minimum absolute atomic E-state index is 0.212. The van der Waals surface area contributed by atoms with E-state index in [0.29, 0.717) is 22.2 Å². The molecule has 94 valence electrons. The van der Waals surface area contributed by atoms with Crippen LogP contribution in [-0.2, 0) is 13.6 Å². The highest BCUT2D eigenvalue weighted by Crippen LogP contribution is 2.22. The Bertz CT molecular complexity index is 580. The molecule has 0 saturated heterocycles. The van der Waals surface area contributed by atoms with Crippen LogP contribution in [0.3, 0.4) is 0 Å². The van der Waals surface area contributed by atoms with Gasteiger partial charge in [-0.2, -0.15) is 0 Å². The van der Waals surface area contributed by atoms with Gasteiger partial charge < -0.3 is 9.88 Å². The summed E-state index contributed by atoms with van der Waals surface area (Å²) in [4.78, 5) is 16.0. The number of nitrogens with one attached hydrogen (secondary N) is 1. The Morgan fingerprint density at radius 2 is 2.17 bits per heavy atom. The fraction of sp³-hybridized carbons (Fsp3) is 0.167. The molecule has 0 fully saturated rings. The van der Waals surface area contributed by atoms with Crippen molar-refractivity contribution in [3.05, 3.63) is 52.0 Å². The van der Waals surface area contributed by atoms with E-state index in [1.54, 1.807) is 18.3 Å². The highest BCUT2D eigenvalue weighted by Gasteiger charge is 2.08. The molecule has 0 unspecified atom stereocenters. The van der Waals surface area contributed by atoms with E-state index >= 15 is 0 Å². The number of carbonyl (C=O) groups excluding carboxylic acids is 1. The van der Waals surface area contributed by atoms with Crippen LogP contribution in [-0.4, -0.2) is 15.5 Å². The van der Waals surface area contributed by atoms with E-state index in [-0.39, 0.29) is 5.91 Å². The van der Waals surface area contributed by atoms with Crippen LogP contribution < -0.4 is 5.32 Å². The normalized spacial score (nSPS) is 10.4. The molecule has 0 aliphatic heterocycles. The maximum Gasteiger partial charge on any atom is 0.251 e. The van der Waals surface area contributed by atoms with Gasteiger partial charge in [0.2, 0.25) is 0 Å². The number of aryl methyl sites for hydroxylation is 1. The largest absolute Gasteiger partial charge is 0.345 e. The number of nitrogens with zero attached hydrogens (tertiary/aromatic N) is 2.